The van der Waals surface area contributed by atoms with E-state index in [9.17, 15) is 4.79 Å². The van der Waals surface area contributed by atoms with E-state index in [0.29, 0.717) is 0 Å². The molecule has 0 spiro atoms. The van der Waals surface area contributed by atoms with Crippen LogP contribution in [0.15, 0.2) is 12.1 Å². The lowest BCUT2D eigenvalue weighted by molar-refractivity contribution is -0.142. The zero-order valence-electron chi connectivity index (χ0n) is 8.91. The Labute approximate surface area is 98.4 Å². The summed E-state index contributed by atoms with van der Waals surface area (Å²) in [6.45, 7) is 3.76. The Morgan fingerprint density at radius 1 is 1.53 bits per heavy atom. The monoisotopic (exact) mass is 247 g/mol. The summed E-state index contributed by atoms with van der Waals surface area (Å²) in [6.07, 6.45) is 0. The number of thiophene rings is 1. The lowest BCUT2D eigenvalue weighted by atomic mass is 10.2. The molecule has 1 N–H and O–H groups in total. The van der Waals surface area contributed by atoms with Gasteiger partial charge < -0.3 is 4.74 Å². The van der Waals surface area contributed by atoms with Crippen LogP contribution in [0.5, 0.6) is 0 Å². The van der Waals surface area contributed by atoms with Crippen molar-refractivity contribution in [3.63, 3.8) is 0 Å². The van der Waals surface area contributed by atoms with Crippen molar-refractivity contribution in [2.45, 2.75) is 25.9 Å². The Morgan fingerprint density at radius 2 is 2.20 bits per heavy atom. The van der Waals surface area contributed by atoms with Crippen LogP contribution in [0.1, 0.15) is 24.8 Å². The van der Waals surface area contributed by atoms with Gasteiger partial charge in [-0.3, -0.25) is 10.1 Å². The zero-order valence-corrected chi connectivity index (χ0v) is 10.5. The molecule has 2 unspecified atom stereocenters. The highest BCUT2D eigenvalue weighted by atomic mass is 35.5. The summed E-state index contributed by atoms with van der Waals surface area (Å²) in [5.74, 6) is -0.260. The van der Waals surface area contributed by atoms with Crippen LogP contribution in [0, 0.1) is 0 Å². The molecule has 15 heavy (non-hydrogen) atoms. The molecule has 0 saturated carbocycles. The molecule has 2 atom stereocenters. The average molecular weight is 248 g/mol. The molecule has 0 bridgehead atoms. The van der Waals surface area contributed by atoms with Crippen molar-refractivity contribution >= 4 is 28.9 Å². The summed E-state index contributed by atoms with van der Waals surface area (Å²) in [6, 6.07) is 3.58. The van der Waals surface area contributed by atoms with E-state index in [1.165, 1.54) is 18.4 Å². The van der Waals surface area contributed by atoms with Crippen molar-refractivity contribution in [3.05, 3.63) is 21.3 Å². The fourth-order valence-corrected chi connectivity index (χ4v) is 2.34. The molecule has 1 rings (SSSR count). The first-order chi connectivity index (χ1) is 7.04. The predicted molar refractivity (Wildman–Crippen MR) is 62.4 cm³/mol. The molecule has 0 aliphatic heterocycles. The van der Waals surface area contributed by atoms with Crippen LogP contribution in [0.4, 0.5) is 0 Å². The smallest absolute Gasteiger partial charge is 0.322 e. The Morgan fingerprint density at radius 3 is 2.67 bits per heavy atom. The molecule has 0 aliphatic rings. The zero-order chi connectivity index (χ0) is 11.4. The van der Waals surface area contributed by atoms with E-state index in [4.69, 9.17) is 11.6 Å². The Hall–Kier alpha value is -0.580. The van der Waals surface area contributed by atoms with Crippen molar-refractivity contribution < 1.29 is 9.53 Å². The van der Waals surface area contributed by atoms with Gasteiger partial charge in [0.05, 0.1) is 11.4 Å². The van der Waals surface area contributed by atoms with Crippen LogP contribution in [0.3, 0.4) is 0 Å². The normalized spacial score (nSPS) is 14.7. The maximum absolute atomic E-state index is 11.2. The van der Waals surface area contributed by atoms with Crippen LogP contribution in [0.2, 0.25) is 4.34 Å². The predicted octanol–water partition coefficient (Wildman–Crippen LogP) is 2.61. The average Bonchev–Trinajstić information content (AvgIpc) is 2.63. The number of ether oxygens (including phenoxy) is 1. The molecule has 0 aromatic carbocycles. The van der Waals surface area contributed by atoms with E-state index in [0.717, 1.165) is 9.21 Å². The molecule has 1 aromatic heterocycles. The second-order valence-corrected chi connectivity index (χ2v) is 5.02. The number of hydrogen-bond acceptors (Lipinski definition) is 4. The molecule has 1 heterocycles. The lowest BCUT2D eigenvalue weighted by Crippen LogP contribution is -2.36. The summed E-state index contributed by atoms with van der Waals surface area (Å²) in [5, 5.41) is 3.14. The number of nitrogens with one attached hydrogen (secondary N) is 1. The van der Waals surface area contributed by atoms with Gasteiger partial charge >= 0.3 is 5.97 Å². The Balaban J connectivity index is 2.55. The van der Waals surface area contributed by atoms with Crippen LogP contribution in [-0.4, -0.2) is 19.1 Å². The van der Waals surface area contributed by atoms with Crippen molar-refractivity contribution in [3.8, 4) is 0 Å². The van der Waals surface area contributed by atoms with Crippen molar-refractivity contribution in [2.24, 2.45) is 0 Å². The highest BCUT2D eigenvalue weighted by Crippen LogP contribution is 2.26. The molecular formula is C10H14ClNO2S. The summed E-state index contributed by atoms with van der Waals surface area (Å²) in [5.41, 5.74) is 0. The number of methoxy groups -OCH3 is 1. The maximum atomic E-state index is 11.2. The highest BCUT2D eigenvalue weighted by molar-refractivity contribution is 7.16. The summed E-state index contributed by atoms with van der Waals surface area (Å²) >= 11 is 7.34. The maximum Gasteiger partial charge on any atom is 0.322 e. The van der Waals surface area contributed by atoms with Gasteiger partial charge in [0.25, 0.3) is 0 Å². The standard InChI is InChI=1S/C10H14ClNO2S/c1-6(8-4-5-9(11)15-8)12-7(2)10(13)14-3/h4-7,12H,1-3H3. The molecule has 0 saturated heterocycles. The van der Waals surface area contributed by atoms with E-state index in [2.05, 4.69) is 10.1 Å². The molecule has 0 fully saturated rings. The minimum atomic E-state index is -0.314. The Kier molecular flexibility index (Phi) is 4.57. The molecule has 0 radical (unpaired) electrons. The van der Waals surface area contributed by atoms with Crippen LogP contribution < -0.4 is 5.32 Å². The van der Waals surface area contributed by atoms with Gasteiger partial charge in [-0.25, -0.2) is 0 Å². The summed E-state index contributed by atoms with van der Waals surface area (Å²) in [4.78, 5) is 12.3. The van der Waals surface area contributed by atoms with Gasteiger partial charge in [0.1, 0.15) is 6.04 Å². The molecule has 84 valence electrons. The molecule has 0 aliphatic carbocycles. The number of hydrogen-bond donors (Lipinski definition) is 1. The van der Waals surface area contributed by atoms with Crippen molar-refractivity contribution in [2.75, 3.05) is 7.11 Å². The summed E-state index contributed by atoms with van der Waals surface area (Å²) < 4.78 is 5.38. The third kappa shape index (κ3) is 3.48. The van der Waals surface area contributed by atoms with Gasteiger partial charge in [-0.2, -0.15) is 0 Å². The quantitative estimate of drug-likeness (QED) is 0.832. The third-order valence-corrected chi connectivity index (χ3v) is 3.49. The van der Waals surface area contributed by atoms with E-state index >= 15 is 0 Å². The van der Waals surface area contributed by atoms with Gasteiger partial charge in [-0.05, 0) is 26.0 Å². The number of carbonyl (C=O) groups is 1. The molecule has 1 aromatic rings. The van der Waals surface area contributed by atoms with E-state index in [1.54, 1.807) is 6.92 Å². The van der Waals surface area contributed by atoms with Crippen molar-refractivity contribution in [1.82, 2.24) is 5.32 Å². The number of rotatable bonds is 4. The summed E-state index contributed by atoms with van der Waals surface area (Å²) in [7, 11) is 1.38. The van der Waals surface area contributed by atoms with Crippen LogP contribution in [0.25, 0.3) is 0 Å². The largest absolute Gasteiger partial charge is 0.468 e. The lowest BCUT2D eigenvalue weighted by Gasteiger charge is -2.16. The minimum absolute atomic E-state index is 0.0941. The number of halogens is 1. The number of esters is 1. The van der Waals surface area contributed by atoms with E-state index in [1.807, 2.05) is 19.1 Å². The van der Waals surface area contributed by atoms with Crippen LogP contribution in [-0.2, 0) is 9.53 Å². The van der Waals surface area contributed by atoms with E-state index in [-0.39, 0.29) is 18.1 Å². The van der Waals surface area contributed by atoms with Crippen molar-refractivity contribution in [1.29, 1.82) is 0 Å². The number of carbonyl (C=O) groups excluding carboxylic acids is 1. The first-order valence-electron chi connectivity index (χ1n) is 4.63. The first kappa shape index (κ1) is 12.5. The van der Waals surface area contributed by atoms with Crippen LogP contribution >= 0.6 is 22.9 Å². The van der Waals surface area contributed by atoms with Gasteiger partial charge in [0.15, 0.2) is 0 Å². The highest BCUT2D eigenvalue weighted by Gasteiger charge is 2.17. The molecule has 5 heteroatoms. The van der Waals surface area contributed by atoms with E-state index < -0.39 is 0 Å². The third-order valence-electron chi connectivity index (χ3n) is 2.08. The van der Waals surface area contributed by atoms with Gasteiger partial charge in [-0.15, -0.1) is 11.3 Å². The second-order valence-electron chi connectivity index (χ2n) is 3.28. The molecule has 0 amide bonds. The van der Waals surface area contributed by atoms with Gasteiger partial charge in [0, 0.05) is 10.9 Å². The molecule has 3 nitrogen and oxygen atoms in total. The fourth-order valence-electron chi connectivity index (χ4n) is 1.26. The molecular weight excluding hydrogens is 234 g/mol. The van der Waals surface area contributed by atoms with Gasteiger partial charge in [0.2, 0.25) is 0 Å². The van der Waals surface area contributed by atoms with Gasteiger partial charge in [-0.1, -0.05) is 11.6 Å². The fraction of sp³-hybridized carbons (Fsp3) is 0.500. The SMILES string of the molecule is COC(=O)C(C)NC(C)c1ccc(Cl)s1. The topological polar surface area (TPSA) is 38.3 Å². The minimum Gasteiger partial charge on any atom is -0.468 e. The second kappa shape index (κ2) is 5.49. The first-order valence-corrected chi connectivity index (χ1v) is 5.83. The Bertz CT molecular complexity index is 340.